The number of rotatable bonds is 5. The van der Waals surface area contributed by atoms with E-state index in [2.05, 4.69) is 25.6 Å². The van der Waals surface area contributed by atoms with E-state index >= 15 is 0 Å². The average Bonchev–Trinajstić information content (AvgIpc) is 3.57. The number of carbonyl (C=O) groups excluding carboxylic acids is 1. The second kappa shape index (κ2) is 7.45. The Morgan fingerprint density at radius 3 is 2.56 bits per heavy atom. The number of benzene rings is 1. The number of carbonyl (C=O) groups is 1. The lowest BCUT2D eigenvalue weighted by Crippen LogP contribution is -2.45. The summed E-state index contributed by atoms with van der Waals surface area (Å²) in [6, 6.07) is 9.51. The Morgan fingerprint density at radius 2 is 1.81 bits per heavy atom. The Kier molecular flexibility index (Phi) is 4.30. The van der Waals surface area contributed by atoms with Gasteiger partial charge in [-0.3, -0.25) is 9.88 Å². The van der Waals surface area contributed by atoms with E-state index in [9.17, 15) is 4.79 Å². The van der Waals surface area contributed by atoms with Crippen molar-refractivity contribution in [1.82, 2.24) is 35.0 Å². The number of cyclic esters (lactones) is 1. The number of aromatic nitrogens is 7. The molecule has 0 aliphatic carbocycles. The number of fused-ring (bicyclic) bond motifs is 3. The highest BCUT2D eigenvalue weighted by molar-refractivity contribution is 5.94. The van der Waals surface area contributed by atoms with Crippen molar-refractivity contribution in [2.75, 3.05) is 11.5 Å². The SMILES string of the molecule is O=C1O[C@@H](Cn2ccnn2)[C@@H]2COc3cc(-c4ccc(Cn5ccnn5)nc4)ccc3N12. The second-order valence-corrected chi connectivity index (χ2v) is 7.62. The third-order valence-electron chi connectivity index (χ3n) is 5.63. The average molecular weight is 430 g/mol. The van der Waals surface area contributed by atoms with Crippen LogP contribution in [0.1, 0.15) is 5.69 Å². The van der Waals surface area contributed by atoms with Crippen LogP contribution in [-0.2, 0) is 17.8 Å². The minimum absolute atomic E-state index is 0.220. The maximum Gasteiger partial charge on any atom is 0.415 e. The van der Waals surface area contributed by atoms with Crippen molar-refractivity contribution < 1.29 is 14.3 Å². The highest BCUT2D eigenvalue weighted by Crippen LogP contribution is 2.41. The van der Waals surface area contributed by atoms with Crippen molar-refractivity contribution in [2.24, 2.45) is 0 Å². The van der Waals surface area contributed by atoms with Crippen molar-refractivity contribution in [1.29, 1.82) is 0 Å². The maximum absolute atomic E-state index is 12.6. The molecule has 0 N–H and O–H groups in total. The Balaban J connectivity index is 1.22. The number of amides is 1. The first kappa shape index (κ1) is 18.5. The normalized spacial score (nSPS) is 19.2. The van der Waals surface area contributed by atoms with Gasteiger partial charge in [0.25, 0.3) is 0 Å². The van der Waals surface area contributed by atoms with Gasteiger partial charge >= 0.3 is 6.09 Å². The summed E-state index contributed by atoms with van der Waals surface area (Å²) in [5.74, 6) is 0.642. The molecule has 11 heteroatoms. The van der Waals surface area contributed by atoms with E-state index < -0.39 is 0 Å². The summed E-state index contributed by atoms with van der Waals surface area (Å²) < 4.78 is 15.0. The molecule has 1 saturated heterocycles. The van der Waals surface area contributed by atoms with E-state index in [-0.39, 0.29) is 18.2 Å². The molecule has 32 heavy (non-hydrogen) atoms. The van der Waals surface area contributed by atoms with Crippen LogP contribution in [0.4, 0.5) is 10.5 Å². The van der Waals surface area contributed by atoms with Gasteiger partial charge in [0.2, 0.25) is 0 Å². The van der Waals surface area contributed by atoms with Gasteiger partial charge in [-0.15, -0.1) is 10.2 Å². The maximum atomic E-state index is 12.6. The molecule has 0 spiro atoms. The molecule has 2 aliphatic heterocycles. The Morgan fingerprint density at radius 1 is 1.00 bits per heavy atom. The molecule has 1 aromatic carbocycles. The topological polar surface area (TPSA) is 113 Å². The number of hydrogen-bond donors (Lipinski definition) is 0. The molecule has 4 aromatic rings. The largest absolute Gasteiger partial charge is 0.489 e. The Labute approximate surface area is 182 Å². The lowest BCUT2D eigenvalue weighted by Gasteiger charge is -2.31. The van der Waals surface area contributed by atoms with Crippen LogP contribution < -0.4 is 9.64 Å². The summed E-state index contributed by atoms with van der Waals surface area (Å²) in [5.41, 5.74) is 3.49. The summed E-state index contributed by atoms with van der Waals surface area (Å²) in [5, 5.41) is 15.5. The van der Waals surface area contributed by atoms with Gasteiger partial charge in [0.15, 0.2) is 0 Å². The second-order valence-electron chi connectivity index (χ2n) is 7.62. The molecule has 11 nitrogen and oxygen atoms in total. The third-order valence-corrected chi connectivity index (χ3v) is 5.63. The van der Waals surface area contributed by atoms with Gasteiger partial charge in [0.1, 0.15) is 24.5 Å². The van der Waals surface area contributed by atoms with Crippen LogP contribution in [0.3, 0.4) is 0 Å². The molecule has 0 unspecified atom stereocenters. The Hall–Kier alpha value is -4.28. The number of anilines is 1. The van der Waals surface area contributed by atoms with Crippen LogP contribution in [0.25, 0.3) is 11.1 Å². The first-order valence-corrected chi connectivity index (χ1v) is 10.1. The van der Waals surface area contributed by atoms with Crippen molar-refractivity contribution in [3.63, 3.8) is 0 Å². The molecule has 160 valence electrons. The fourth-order valence-electron chi connectivity index (χ4n) is 4.05. The van der Waals surface area contributed by atoms with Gasteiger partial charge in [-0.2, -0.15) is 0 Å². The monoisotopic (exact) mass is 430 g/mol. The van der Waals surface area contributed by atoms with Crippen LogP contribution in [0.2, 0.25) is 0 Å². The van der Waals surface area contributed by atoms with Gasteiger partial charge in [-0.1, -0.05) is 22.6 Å². The van der Waals surface area contributed by atoms with Crippen LogP contribution in [0.5, 0.6) is 5.75 Å². The quantitative estimate of drug-likeness (QED) is 0.471. The predicted octanol–water partition coefficient (Wildman–Crippen LogP) is 1.77. The van der Waals surface area contributed by atoms with E-state index in [1.165, 1.54) is 0 Å². The zero-order valence-electron chi connectivity index (χ0n) is 16.9. The molecular formula is C21H18N8O3. The number of ether oxygens (including phenoxy) is 2. The molecule has 0 bridgehead atoms. The van der Waals surface area contributed by atoms with E-state index in [1.807, 2.05) is 36.5 Å². The summed E-state index contributed by atoms with van der Waals surface area (Å²) in [6.07, 6.45) is 7.85. The van der Waals surface area contributed by atoms with E-state index in [4.69, 9.17) is 9.47 Å². The zero-order valence-corrected chi connectivity index (χ0v) is 16.9. The molecule has 1 fully saturated rings. The van der Waals surface area contributed by atoms with E-state index in [0.717, 1.165) is 16.8 Å². The van der Waals surface area contributed by atoms with E-state index in [1.54, 1.807) is 39.1 Å². The van der Waals surface area contributed by atoms with E-state index in [0.29, 0.717) is 31.1 Å². The summed E-state index contributed by atoms with van der Waals surface area (Å²) in [6.45, 7) is 1.33. The summed E-state index contributed by atoms with van der Waals surface area (Å²) >= 11 is 0. The smallest absolute Gasteiger partial charge is 0.415 e. The van der Waals surface area contributed by atoms with Gasteiger partial charge in [-0.25, -0.2) is 14.2 Å². The standard InChI is InChI=1S/C21H18N8O3/c30-21-29-17-4-2-14(15-1-3-16(22-10-15)11-27-7-5-23-25-27)9-19(17)31-13-18(29)20(32-21)12-28-8-6-24-26-28/h1-10,18,20H,11-13H2/t18-,20-/m0/s1. The van der Waals surface area contributed by atoms with Gasteiger partial charge in [0.05, 0.1) is 36.9 Å². The first-order valence-electron chi connectivity index (χ1n) is 10.1. The highest BCUT2D eigenvalue weighted by atomic mass is 16.6. The van der Waals surface area contributed by atoms with Crippen LogP contribution in [0.15, 0.2) is 61.3 Å². The Bertz CT molecular complexity index is 1240. The molecule has 0 saturated carbocycles. The summed E-state index contributed by atoms with van der Waals surface area (Å²) in [7, 11) is 0. The molecule has 5 heterocycles. The van der Waals surface area contributed by atoms with Crippen molar-refractivity contribution in [2.45, 2.75) is 25.2 Å². The highest BCUT2D eigenvalue weighted by Gasteiger charge is 2.46. The van der Waals surface area contributed by atoms with Crippen LogP contribution in [-0.4, -0.2) is 59.8 Å². The lowest BCUT2D eigenvalue weighted by molar-refractivity contribution is 0.106. The van der Waals surface area contributed by atoms with Crippen LogP contribution in [0, 0.1) is 0 Å². The third kappa shape index (κ3) is 3.23. The van der Waals surface area contributed by atoms with Gasteiger partial charge in [-0.05, 0) is 23.8 Å². The summed E-state index contributed by atoms with van der Waals surface area (Å²) in [4.78, 5) is 18.8. The fraction of sp³-hybridized carbons (Fsp3) is 0.238. The molecule has 0 radical (unpaired) electrons. The van der Waals surface area contributed by atoms with Crippen LogP contribution >= 0.6 is 0 Å². The molecule has 3 aromatic heterocycles. The zero-order chi connectivity index (χ0) is 21.5. The molecule has 2 atom stereocenters. The molecule has 1 amide bonds. The van der Waals surface area contributed by atoms with Crippen molar-refractivity contribution >= 4 is 11.8 Å². The molecular weight excluding hydrogens is 412 g/mol. The number of pyridine rings is 1. The first-order chi connectivity index (χ1) is 15.7. The lowest BCUT2D eigenvalue weighted by atomic mass is 10.0. The number of nitrogens with zero attached hydrogens (tertiary/aromatic N) is 8. The minimum Gasteiger partial charge on any atom is -0.489 e. The van der Waals surface area contributed by atoms with Gasteiger partial charge in [0, 0.05) is 24.2 Å². The number of hydrogen-bond acceptors (Lipinski definition) is 8. The molecule has 6 rings (SSSR count). The van der Waals surface area contributed by atoms with Crippen molar-refractivity contribution in [3.8, 4) is 16.9 Å². The van der Waals surface area contributed by atoms with Gasteiger partial charge < -0.3 is 9.47 Å². The predicted molar refractivity (Wildman–Crippen MR) is 111 cm³/mol. The molecule has 2 aliphatic rings. The minimum atomic E-state index is -0.378. The van der Waals surface area contributed by atoms with Crippen molar-refractivity contribution in [3.05, 3.63) is 67.0 Å². The fourth-order valence-corrected chi connectivity index (χ4v) is 4.05.